The molecule has 0 bridgehead atoms. The number of amides is 5. The van der Waals surface area contributed by atoms with Crippen molar-refractivity contribution in [3.05, 3.63) is 94.2 Å². The number of imide groups is 2. The molecule has 5 heterocycles. The summed E-state index contributed by atoms with van der Waals surface area (Å²) < 4.78 is 1.74. The number of piperidine rings is 1. The highest BCUT2D eigenvalue weighted by molar-refractivity contribution is 6.25. The number of carbonyl (C=O) groups is 5. The fourth-order valence-corrected chi connectivity index (χ4v) is 7.92. The van der Waals surface area contributed by atoms with Crippen molar-refractivity contribution in [1.82, 2.24) is 34.9 Å². The first-order valence-corrected chi connectivity index (χ1v) is 19.3. The SMILES string of the molecule is Cc1cccc(C)c1Nc1nn(C)c2nc(Nc3ccc4c(c3)CN(C(=O)CCCCCNc3cccc5c3C(=O)N(C3CCC(=O)NC3=O)C5=O)CC4)ncc12. The number of aromatic nitrogens is 4. The van der Waals surface area contributed by atoms with Gasteiger partial charge in [0.1, 0.15) is 6.04 Å². The third kappa shape index (κ3) is 7.39. The summed E-state index contributed by atoms with van der Waals surface area (Å²) in [5.41, 5.74) is 8.11. The molecule has 15 nitrogen and oxygen atoms in total. The second kappa shape index (κ2) is 15.5. The fourth-order valence-electron chi connectivity index (χ4n) is 7.92. The van der Waals surface area contributed by atoms with Gasteiger partial charge in [-0.1, -0.05) is 36.8 Å². The van der Waals surface area contributed by atoms with Crippen LogP contribution in [-0.4, -0.2) is 78.2 Å². The van der Waals surface area contributed by atoms with Crippen LogP contribution in [0.3, 0.4) is 0 Å². The molecule has 1 atom stereocenters. The van der Waals surface area contributed by atoms with E-state index >= 15 is 0 Å². The molecule has 0 aliphatic carbocycles. The van der Waals surface area contributed by atoms with E-state index in [1.807, 2.05) is 24.1 Å². The van der Waals surface area contributed by atoms with Gasteiger partial charge in [0.15, 0.2) is 11.5 Å². The van der Waals surface area contributed by atoms with Gasteiger partial charge >= 0.3 is 0 Å². The average Bonchev–Trinajstić information content (AvgIpc) is 3.64. The number of carbonyl (C=O) groups excluding carboxylic acids is 5. The van der Waals surface area contributed by atoms with Crippen molar-refractivity contribution >= 4 is 69.4 Å². The van der Waals surface area contributed by atoms with Crippen LogP contribution in [0.25, 0.3) is 11.0 Å². The van der Waals surface area contributed by atoms with Crippen LogP contribution < -0.4 is 21.3 Å². The van der Waals surface area contributed by atoms with Crippen molar-refractivity contribution in [2.75, 3.05) is 29.0 Å². The lowest BCUT2D eigenvalue weighted by Gasteiger charge is -2.29. The second-order valence-corrected chi connectivity index (χ2v) is 14.9. The monoisotopic (exact) mass is 768 g/mol. The Bertz CT molecular complexity index is 2440. The van der Waals surface area contributed by atoms with Gasteiger partial charge in [0, 0.05) is 62.8 Å². The number of hydrogen-bond donors (Lipinski definition) is 4. The summed E-state index contributed by atoms with van der Waals surface area (Å²) >= 11 is 0. The molecule has 0 radical (unpaired) electrons. The number of benzene rings is 3. The minimum atomic E-state index is -1.01. The number of aryl methyl sites for hydroxylation is 3. The van der Waals surface area contributed by atoms with Gasteiger partial charge in [-0.3, -0.25) is 34.2 Å². The number of unbranched alkanes of at least 4 members (excludes halogenated alkanes) is 2. The molecular weight excluding hydrogens is 725 g/mol. The molecule has 3 aliphatic heterocycles. The number of rotatable bonds is 12. The van der Waals surface area contributed by atoms with Gasteiger partial charge in [0.2, 0.25) is 23.7 Å². The van der Waals surface area contributed by atoms with Crippen LogP contribution >= 0.6 is 0 Å². The summed E-state index contributed by atoms with van der Waals surface area (Å²) in [7, 11) is 1.86. The topological polar surface area (TPSA) is 184 Å². The summed E-state index contributed by atoms with van der Waals surface area (Å²) in [6.45, 7) is 5.86. The zero-order valence-corrected chi connectivity index (χ0v) is 32.1. The zero-order chi connectivity index (χ0) is 39.8. The minimum absolute atomic E-state index is 0.0667. The molecule has 1 unspecified atom stereocenters. The van der Waals surface area contributed by atoms with E-state index in [-0.39, 0.29) is 29.9 Å². The Morgan fingerprint density at radius 3 is 2.53 bits per heavy atom. The number of para-hydroxylation sites is 1. The maximum absolute atomic E-state index is 13.4. The molecule has 1 fully saturated rings. The average molecular weight is 769 g/mol. The van der Waals surface area contributed by atoms with E-state index in [0.29, 0.717) is 55.6 Å². The third-order valence-electron chi connectivity index (χ3n) is 11.0. The van der Waals surface area contributed by atoms with Crippen LogP contribution in [0, 0.1) is 13.8 Å². The van der Waals surface area contributed by atoms with Gasteiger partial charge in [0.05, 0.1) is 16.5 Å². The summed E-state index contributed by atoms with van der Waals surface area (Å²) in [5.74, 6) is -0.868. The van der Waals surface area contributed by atoms with Gasteiger partial charge in [0.25, 0.3) is 11.8 Å². The van der Waals surface area contributed by atoms with Crippen molar-refractivity contribution in [2.24, 2.45) is 7.05 Å². The number of anilines is 5. The van der Waals surface area contributed by atoms with Crippen molar-refractivity contribution in [1.29, 1.82) is 0 Å². The summed E-state index contributed by atoms with van der Waals surface area (Å²) in [6.07, 6.45) is 5.43. The van der Waals surface area contributed by atoms with Gasteiger partial charge < -0.3 is 20.9 Å². The highest BCUT2D eigenvalue weighted by Crippen LogP contribution is 2.33. The molecule has 5 aromatic rings. The van der Waals surface area contributed by atoms with E-state index in [1.54, 1.807) is 29.1 Å². The van der Waals surface area contributed by atoms with Crippen LogP contribution in [0.1, 0.15) is 81.5 Å². The molecular formula is C42H44N10O5. The quantitative estimate of drug-likeness (QED) is 0.0939. The molecule has 3 aromatic carbocycles. The van der Waals surface area contributed by atoms with Crippen LogP contribution in [0.2, 0.25) is 0 Å². The largest absolute Gasteiger partial charge is 0.384 e. The zero-order valence-electron chi connectivity index (χ0n) is 32.1. The molecule has 1 saturated heterocycles. The first-order chi connectivity index (χ1) is 27.5. The van der Waals surface area contributed by atoms with Gasteiger partial charge in [-0.05, 0) is 86.1 Å². The van der Waals surface area contributed by atoms with Crippen LogP contribution in [0.4, 0.5) is 28.8 Å². The van der Waals surface area contributed by atoms with Crippen molar-refractivity contribution in [2.45, 2.75) is 71.4 Å². The predicted octanol–water partition coefficient (Wildman–Crippen LogP) is 5.43. The molecule has 8 rings (SSSR count). The lowest BCUT2D eigenvalue weighted by Crippen LogP contribution is -2.54. The van der Waals surface area contributed by atoms with E-state index in [9.17, 15) is 24.0 Å². The van der Waals surface area contributed by atoms with Crippen LogP contribution in [0.15, 0.2) is 60.8 Å². The van der Waals surface area contributed by atoms with E-state index in [0.717, 1.165) is 57.6 Å². The normalized spacial score (nSPS) is 16.4. The van der Waals surface area contributed by atoms with Crippen LogP contribution in [0.5, 0.6) is 0 Å². The highest BCUT2D eigenvalue weighted by atomic mass is 16.2. The second-order valence-electron chi connectivity index (χ2n) is 14.9. The Morgan fingerprint density at radius 1 is 0.912 bits per heavy atom. The minimum Gasteiger partial charge on any atom is -0.384 e. The maximum Gasteiger partial charge on any atom is 0.264 e. The number of nitrogens with one attached hydrogen (secondary N) is 4. The fraction of sp³-hybridized carbons (Fsp3) is 0.333. The number of nitrogens with zero attached hydrogens (tertiary/aromatic N) is 6. The van der Waals surface area contributed by atoms with Crippen molar-refractivity contribution in [3.8, 4) is 0 Å². The Balaban J connectivity index is 0.822. The molecule has 5 amide bonds. The lowest BCUT2D eigenvalue weighted by molar-refractivity contribution is -0.136. The van der Waals surface area contributed by atoms with Crippen molar-refractivity contribution < 1.29 is 24.0 Å². The third-order valence-corrected chi connectivity index (χ3v) is 11.0. The van der Waals surface area contributed by atoms with E-state index in [4.69, 9.17) is 4.98 Å². The van der Waals surface area contributed by atoms with E-state index in [2.05, 4.69) is 69.5 Å². The lowest BCUT2D eigenvalue weighted by atomic mass is 9.98. The van der Waals surface area contributed by atoms with Gasteiger partial charge in [-0.25, -0.2) is 9.67 Å². The smallest absolute Gasteiger partial charge is 0.264 e. The number of fused-ring (bicyclic) bond motifs is 3. The molecule has 15 heteroatoms. The Hall–Kier alpha value is -6.64. The Morgan fingerprint density at radius 2 is 1.72 bits per heavy atom. The molecule has 4 N–H and O–H groups in total. The van der Waals surface area contributed by atoms with E-state index in [1.165, 1.54) is 5.56 Å². The molecule has 0 spiro atoms. The molecule has 3 aliphatic rings. The summed E-state index contributed by atoms with van der Waals surface area (Å²) in [4.78, 5) is 76.1. The predicted molar refractivity (Wildman–Crippen MR) is 214 cm³/mol. The Kier molecular flexibility index (Phi) is 10.1. The number of hydrogen-bond acceptors (Lipinski definition) is 11. The van der Waals surface area contributed by atoms with Gasteiger partial charge in [-0.15, -0.1) is 0 Å². The van der Waals surface area contributed by atoms with Crippen molar-refractivity contribution in [3.63, 3.8) is 0 Å². The standard InChI is InChI=1S/C42H44N10O5/c1-24-9-7-10-25(2)36(24)47-37-30-22-44-42(48-38(30)50(3)49-37)45-28-15-14-26-18-20-51(23-27(26)21-28)34(54)13-5-4-6-19-43-31-12-8-11-29-35(31)41(57)52(40(29)56)32-16-17-33(53)46-39(32)55/h7-12,14-15,21-22,32,43H,4-6,13,16-20,23H2,1-3H3,(H,47,49)(H,44,45,48)(H,46,53,55). The molecule has 0 saturated carbocycles. The van der Waals surface area contributed by atoms with Crippen LogP contribution in [-0.2, 0) is 34.4 Å². The molecule has 57 heavy (non-hydrogen) atoms. The summed E-state index contributed by atoms with van der Waals surface area (Å²) in [6, 6.07) is 16.3. The Labute approximate surface area is 329 Å². The van der Waals surface area contributed by atoms with Gasteiger partial charge in [-0.2, -0.15) is 10.1 Å². The molecule has 2 aromatic heterocycles. The first kappa shape index (κ1) is 37.3. The molecule has 292 valence electrons. The highest BCUT2D eigenvalue weighted by Gasteiger charge is 2.45. The maximum atomic E-state index is 13.4. The first-order valence-electron chi connectivity index (χ1n) is 19.3. The summed E-state index contributed by atoms with van der Waals surface area (Å²) in [5, 5.41) is 17.8. The van der Waals surface area contributed by atoms with E-state index < -0.39 is 29.7 Å².